The number of nitrogens with one attached hydrogen (secondary N) is 2. The Morgan fingerprint density at radius 1 is 0.913 bits per heavy atom. The first-order chi connectivity index (χ1) is 10.9. The van der Waals surface area contributed by atoms with E-state index in [-0.39, 0.29) is 17.7 Å². The van der Waals surface area contributed by atoms with E-state index in [2.05, 4.69) is 26.6 Å². The fraction of sp³-hybridized carbons (Fsp3) is 0.222. The lowest BCUT2D eigenvalue weighted by molar-refractivity contribution is -0.119. The first-order valence-electron chi connectivity index (χ1n) is 7.39. The molecule has 0 aliphatic carbocycles. The molecule has 2 aromatic carbocycles. The Bertz CT molecular complexity index is 679. The highest BCUT2D eigenvalue weighted by Gasteiger charge is 2.08. The van der Waals surface area contributed by atoms with Gasteiger partial charge in [-0.3, -0.25) is 9.59 Å². The molecule has 0 aliphatic heterocycles. The molecule has 0 fully saturated rings. The second-order valence-electron chi connectivity index (χ2n) is 5.57. The van der Waals surface area contributed by atoms with Crippen molar-refractivity contribution >= 4 is 39.1 Å². The highest BCUT2D eigenvalue weighted by atomic mass is 79.9. The maximum absolute atomic E-state index is 12.0. The van der Waals surface area contributed by atoms with Crippen LogP contribution in [0.2, 0.25) is 0 Å². The molecule has 0 heterocycles. The third-order valence-corrected chi connectivity index (χ3v) is 3.77. The molecule has 0 bridgehead atoms. The summed E-state index contributed by atoms with van der Waals surface area (Å²) in [5, 5.41) is 5.66. The summed E-state index contributed by atoms with van der Waals surface area (Å²) in [4.78, 5) is 23.6. The topological polar surface area (TPSA) is 58.2 Å². The maximum atomic E-state index is 12.0. The van der Waals surface area contributed by atoms with Gasteiger partial charge in [-0.25, -0.2) is 0 Å². The molecule has 5 heteroatoms. The summed E-state index contributed by atoms with van der Waals surface area (Å²) < 4.78 is 0.987. The Morgan fingerprint density at radius 3 is 1.96 bits per heavy atom. The summed E-state index contributed by atoms with van der Waals surface area (Å²) in [5.41, 5.74) is 2.37. The van der Waals surface area contributed by atoms with Gasteiger partial charge in [-0.1, -0.05) is 41.9 Å². The molecule has 2 rings (SSSR count). The molecular weight excluding hydrogens is 356 g/mol. The molecule has 0 aromatic heterocycles. The van der Waals surface area contributed by atoms with Crippen LogP contribution in [0.4, 0.5) is 11.4 Å². The first kappa shape index (κ1) is 17.2. The number of halogens is 1. The van der Waals surface area contributed by atoms with Crippen LogP contribution in [-0.2, 0) is 16.0 Å². The predicted octanol–water partition coefficient (Wildman–Crippen LogP) is 4.22. The molecule has 2 N–H and O–H groups in total. The molecule has 0 aliphatic rings. The van der Waals surface area contributed by atoms with Crippen LogP contribution in [0.15, 0.2) is 53.0 Å². The summed E-state index contributed by atoms with van der Waals surface area (Å²) >= 11 is 3.37. The average molecular weight is 375 g/mol. The van der Waals surface area contributed by atoms with Crippen LogP contribution in [0, 0.1) is 5.92 Å². The van der Waals surface area contributed by atoms with Crippen LogP contribution in [-0.4, -0.2) is 11.8 Å². The number of benzene rings is 2. The maximum Gasteiger partial charge on any atom is 0.228 e. The van der Waals surface area contributed by atoms with E-state index in [1.807, 2.05) is 38.1 Å². The SMILES string of the molecule is CC(C)C(=O)Nc1ccc(NC(=O)Cc2ccc(Br)cc2)cc1. The normalized spacial score (nSPS) is 10.4. The zero-order valence-corrected chi connectivity index (χ0v) is 14.7. The smallest absolute Gasteiger partial charge is 0.228 e. The van der Waals surface area contributed by atoms with Gasteiger partial charge in [0.25, 0.3) is 0 Å². The molecule has 0 atom stereocenters. The van der Waals surface area contributed by atoms with Gasteiger partial charge < -0.3 is 10.6 Å². The lowest BCUT2D eigenvalue weighted by Gasteiger charge is -2.09. The van der Waals surface area contributed by atoms with Gasteiger partial charge in [0, 0.05) is 21.8 Å². The van der Waals surface area contributed by atoms with Crippen molar-refractivity contribution in [3.63, 3.8) is 0 Å². The summed E-state index contributed by atoms with van der Waals surface area (Å²) in [6, 6.07) is 14.7. The van der Waals surface area contributed by atoms with E-state index in [0.29, 0.717) is 12.1 Å². The number of carbonyl (C=O) groups is 2. The largest absolute Gasteiger partial charge is 0.326 e. The molecule has 23 heavy (non-hydrogen) atoms. The van der Waals surface area contributed by atoms with Crippen LogP contribution in [0.3, 0.4) is 0 Å². The summed E-state index contributed by atoms with van der Waals surface area (Å²) in [7, 11) is 0. The van der Waals surface area contributed by atoms with E-state index in [0.717, 1.165) is 15.7 Å². The Labute approximate surface area is 144 Å². The minimum absolute atomic E-state index is 0.0305. The van der Waals surface area contributed by atoms with Gasteiger partial charge in [0.2, 0.25) is 11.8 Å². The lowest BCUT2D eigenvalue weighted by atomic mass is 10.1. The van der Waals surface area contributed by atoms with E-state index in [4.69, 9.17) is 0 Å². The fourth-order valence-corrected chi connectivity index (χ4v) is 2.18. The first-order valence-corrected chi connectivity index (χ1v) is 8.18. The third-order valence-electron chi connectivity index (χ3n) is 3.24. The second kappa shape index (κ2) is 7.92. The monoisotopic (exact) mass is 374 g/mol. The summed E-state index contributed by atoms with van der Waals surface area (Å²) in [5.74, 6) is -0.177. The van der Waals surface area contributed by atoms with E-state index in [1.54, 1.807) is 24.3 Å². The number of anilines is 2. The van der Waals surface area contributed by atoms with E-state index >= 15 is 0 Å². The van der Waals surface area contributed by atoms with Crippen molar-refractivity contribution in [3.8, 4) is 0 Å². The van der Waals surface area contributed by atoms with Gasteiger partial charge in [-0.05, 0) is 42.0 Å². The number of hydrogen-bond acceptors (Lipinski definition) is 2. The molecule has 0 unspecified atom stereocenters. The number of carbonyl (C=O) groups excluding carboxylic acids is 2. The van der Waals surface area contributed by atoms with Crippen molar-refractivity contribution in [1.82, 2.24) is 0 Å². The highest BCUT2D eigenvalue weighted by molar-refractivity contribution is 9.10. The van der Waals surface area contributed by atoms with Crippen LogP contribution < -0.4 is 10.6 Å². The molecule has 0 saturated heterocycles. The molecular formula is C18H19BrN2O2. The summed E-state index contributed by atoms with van der Waals surface area (Å²) in [6.45, 7) is 3.68. The minimum atomic E-state index is -0.0775. The van der Waals surface area contributed by atoms with Crippen molar-refractivity contribution in [3.05, 3.63) is 58.6 Å². The Kier molecular flexibility index (Phi) is 5.93. The van der Waals surface area contributed by atoms with Gasteiger partial charge in [-0.2, -0.15) is 0 Å². The van der Waals surface area contributed by atoms with Crippen molar-refractivity contribution < 1.29 is 9.59 Å². The van der Waals surface area contributed by atoms with Crippen molar-refractivity contribution in [2.24, 2.45) is 5.92 Å². The third kappa shape index (κ3) is 5.53. The molecule has 0 saturated carbocycles. The number of amides is 2. The van der Waals surface area contributed by atoms with E-state index in [1.165, 1.54) is 0 Å². The van der Waals surface area contributed by atoms with Gasteiger partial charge in [0.15, 0.2) is 0 Å². The zero-order chi connectivity index (χ0) is 16.8. The van der Waals surface area contributed by atoms with Crippen LogP contribution in [0.5, 0.6) is 0 Å². The second-order valence-corrected chi connectivity index (χ2v) is 6.49. The van der Waals surface area contributed by atoms with E-state index in [9.17, 15) is 9.59 Å². The number of rotatable bonds is 5. The molecule has 2 amide bonds. The molecule has 0 spiro atoms. The standard InChI is InChI=1S/C18H19BrN2O2/c1-12(2)18(23)21-16-9-7-15(8-10-16)20-17(22)11-13-3-5-14(19)6-4-13/h3-10,12H,11H2,1-2H3,(H,20,22)(H,21,23). The van der Waals surface area contributed by atoms with Crippen LogP contribution >= 0.6 is 15.9 Å². The van der Waals surface area contributed by atoms with Crippen molar-refractivity contribution in [1.29, 1.82) is 0 Å². The highest BCUT2D eigenvalue weighted by Crippen LogP contribution is 2.15. The lowest BCUT2D eigenvalue weighted by Crippen LogP contribution is -2.18. The minimum Gasteiger partial charge on any atom is -0.326 e. The Balaban J connectivity index is 1.91. The molecule has 2 aromatic rings. The van der Waals surface area contributed by atoms with Gasteiger partial charge >= 0.3 is 0 Å². The zero-order valence-electron chi connectivity index (χ0n) is 13.1. The predicted molar refractivity (Wildman–Crippen MR) is 96.4 cm³/mol. The van der Waals surface area contributed by atoms with Crippen LogP contribution in [0.1, 0.15) is 19.4 Å². The summed E-state index contributed by atoms with van der Waals surface area (Å²) in [6.07, 6.45) is 0.319. The molecule has 0 radical (unpaired) electrons. The quantitative estimate of drug-likeness (QED) is 0.822. The van der Waals surface area contributed by atoms with Crippen LogP contribution in [0.25, 0.3) is 0 Å². The van der Waals surface area contributed by atoms with Crippen molar-refractivity contribution in [2.75, 3.05) is 10.6 Å². The van der Waals surface area contributed by atoms with Gasteiger partial charge in [0.05, 0.1) is 6.42 Å². The average Bonchev–Trinajstić information content (AvgIpc) is 2.51. The van der Waals surface area contributed by atoms with Gasteiger partial charge in [0.1, 0.15) is 0 Å². The van der Waals surface area contributed by atoms with Crippen molar-refractivity contribution in [2.45, 2.75) is 20.3 Å². The molecule has 120 valence electrons. The Morgan fingerprint density at radius 2 is 1.43 bits per heavy atom. The Hall–Kier alpha value is -2.14. The van der Waals surface area contributed by atoms with Gasteiger partial charge in [-0.15, -0.1) is 0 Å². The molecule has 4 nitrogen and oxygen atoms in total. The van der Waals surface area contributed by atoms with E-state index < -0.39 is 0 Å². The fourth-order valence-electron chi connectivity index (χ4n) is 1.92. The number of hydrogen-bond donors (Lipinski definition) is 2.